The van der Waals surface area contributed by atoms with Gasteiger partial charge in [-0.2, -0.15) is 0 Å². The first-order chi connectivity index (χ1) is 6.60. The van der Waals surface area contributed by atoms with Gasteiger partial charge in [-0.1, -0.05) is 12.7 Å². The van der Waals surface area contributed by atoms with Crippen molar-refractivity contribution >= 4 is 12.0 Å². The van der Waals surface area contributed by atoms with Gasteiger partial charge in [0.05, 0.1) is 7.11 Å². The maximum atomic E-state index is 10.9. The van der Waals surface area contributed by atoms with Crippen LogP contribution in [0.4, 0.5) is 0 Å². The minimum atomic E-state index is -0.992. The molecule has 1 N–H and O–H groups in total. The highest BCUT2D eigenvalue weighted by Crippen LogP contribution is 2.26. The van der Waals surface area contributed by atoms with Crippen molar-refractivity contribution in [2.75, 3.05) is 7.11 Å². The Morgan fingerprint density at radius 2 is 2.21 bits per heavy atom. The molecule has 14 heavy (non-hydrogen) atoms. The average molecular weight is 192 g/mol. The third-order valence-corrected chi connectivity index (χ3v) is 1.92. The molecule has 0 bridgehead atoms. The number of carboxylic acids is 1. The zero-order valence-corrected chi connectivity index (χ0v) is 8.20. The molecule has 0 amide bonds. The van der Waals surface area contributed by atoms with Crippen LogP contribution < -0.4 is 4.74 Å². The summed E-state index contributed by atoms with van der Waals surface area (Å²) in [5, 5.41) is 8.93. The number of ether oxygens (including phenoxy) is 1. The van der Waals surface area contributed by atoms with E-state index >= 15 is 0 Å². The van der Waals surface area contributed by atoms with Crippen molar-refractivity contribution in [3.05, 3.63) is 35.4 Å². The molecular formula is C11H12O3. The number of benzene rings is 1. The third-order valence-electron chi connectivity index (χ3n) is 1.92. The molecular weight excluding hydrogens is 180 g/mol. The summed E-state index contributed by atoms with van der Waals surface area (Å²) in [4.78, 5) is 10.9. The maximum Gasteiger partial charge on any atom is 0.339 e. The molecule has 0 fully saturated rings. The van der Waals surface area contributed by atoms with Crippen LogP contribution in [-0.4, -0.2) is 18.2 Å². The fourth-order valence-electron chi connectivity index (χ4n) is 1.34. The van der Waals surface area contributed by atoms with Gasteiger partial charge < -0.3 is 9.84 Å². The lowest BCUT2D eigenvalue weighted by Crippen LogP contribution is -2.02. The summed E-state index contributed by atoms with van der Waals surface area (Å²) in [6, 6.07) is 3.41. The zero-order valence-electron chi connectivity index (χ0n) is 8.20. The highest BCUT2D eigenvalue weighted by atomic mass is 16.5. The van der Waals surface area contributed by atoms with Gasteiger partial charge in [0, 0.05) is 5.56 Å². The van der Waals surface area contributed by atoms with Crippen LogP contribution in [0.25, 0.3) is 6.08 Å². The maximum absolute atomic E-state index is 10.9. The van der Waals surface area contributed by atoms with Crippen molar-refractivity contribution in [2.24, 2.45) is 0 Å². The number of hydrogen-bond acceptors (Lipinski definition) is 2. The number of aromatic carboxylic acids is 1. The van der Waals surface area contributed by atoms with Crippen LogP contribution in [0.5, 0.6) is 5.75 Å². The molecule has 0 unspecified atom stereocenters. The highest BCUT2D eigenvalue weighted by molar-refractivity contribution is 5.92. The molecule has 0 aromatic heterocycles. The molecule has 3 nitrogen and oxygen atoms in total. The first-order valence-corrected chi connectivity index (χ1v) is 4.14. The summed E-state index contributed by atoms with van der Waals surface area (Å²) in [7, 11) is 1.45. The van der Waals surface area contributed by atoms with Crippen LogP contribution in [0.15, 0.2) is 18.7 Å². The Morgan fingerprint density at radius 3 is 2.64 bits per heavy atom. The van der Waals surface area contributed by atoms with E-state index < -0.39 is 5.97 Å². The van der Waals surface area contributed by atoms with Crippen LogP contribution >= 0.6 is 0 Å². The van der Waals surface area contributed by atoms with Crippen molar-refractivity contribution in [3.63, 3.8) is 0 Å². The third kappa shape index (κ3) is 1.76. The van der Waals surface area contributed by atoms with Gasteiger partial charge in [-0.25, -0.2) is 4.79 Å². The number of carboxylic acid groups (broad SMARTS) is 1. The molecule has 0 aliphatic rings. The highest BCUT2D eigenvalue weighted by Gasteiger charge is 2.14. The first kappa shape index (κ1) is 10.3. The second-order valence-electron chi connectivity index (χ2n) is 2.94. The molecule has 1 aromatic rings. The quantitative estimate of drug-likeness (QED) is 0.799. The number of rotatable bonds is 3. The van der Waals surface area contributed by atoms with Crippen LogP contribution in [0.3, 0.4) is 0 Å². The van der Waals surface area contributed by atoms with Gasteiger partial charge >= 0.3 is 5.97 Å². The average Bonchev–Trinajstić information content (AvgIpc) is 2.16. The smallest absolute Gasteiger partial charge is 0.339 e. The Balaban J connectivity index is 3.46. The SMILES string of the molecule is C=Cc1cc(C)cc(C(=O)O)c1OC. The molecule has 1 aromatic carbocycles. The second-order valence-corrected chi connectivity index (χ2v) is 2.94. The monoisotopic (exact) mass is 192 g/mol. The molecule has 0 saturated heterocycles. The van der Waals surface area contributed by atoms with E-state index in [0.717, 1.165) is 5.56 Å². The molecule has 0 aliphatic carbocycles. The van der Waals surface area contributed by atoms with Crippen LogP contribution in [0.1, 0.15) is 21.5 Å². The van der Waals surface area contributed by atoms with E-state index in [2.05, 4.69) is 6.58 Å². The molecule has 0 heterocycles. The lowest BCUT2D eigenvalue weighted by atomic mass is 10.0. The lowest BCUT2D eigenvalue weighted by molar-refractivity contribution is 0.0693. The van der Waals surface area contributed by atoms with Gasteiger partial charge in [0.15, 0.2) is 0 Å². The van der Waals surface area contributed by atoms with Gasteiger partial charge in [0.25, 0.3) is 0 Å². The van der Waals surface area contributed by atoms with E-state index in [1.165, 1.54) is 7.11 Å². The lowest BCUT2D eigenvalue weighted by Gasteiger charge is -2.09. The molecule has 1 rings (SSSR count). The van der Waals surface area contributed by atoms with Gasteiger partial charge in [-0.15, -0.1) is 0 Å². The number of carbonyl (C=O) groups is 1. The summed E-state index contributed by atoms with van der Waals surface area (Å²) in [5.41, 5.74) is 1.74. The minimum Gasteiger partial charge on any atom is -0.495 e. The van der Waals surface area contributed by atoms with Crippen molar-refractivity contribution < 1.29 is 14.6 Å². The molecule has 0 atom stereocenters. The van der Waals surface area contributed by atoms with Crippen molar-refractivity contribution in [1.29, 1.82) is 0 Å². The summed E-state index contributed by atoms with van der Waals surface area (Å²) >= 11 is 0. The Morgan fingerprint density at radius 1 is 1.57 bits per heavy atom. The first-order valence-electron chi connectivity index (χ1n) is 4.14. The van der Waals surface area contributed by atoms with E-state index in [-0.39, 0.29) is 5.56 Å². The number of hydrogen-bond donors (Lipinski definition) is 1. The fraction of sp³-hybridized carbons (Fsp3) is 0.182. The van der Waals surface area contributed by atoms with Gasteiger partial charge in [0.2, 0.25) is 0 Å². The predicted octanol–water partition coefficient (Wildman–Crippen LogP) is 2.34. The zero-order chi connectivity index (χ0) is 10.7. The number of methoxy groups -OCH3 is 1. The Kier molecular flexibility index (Phi) is 2.92. The second kappa shape index (κ2) is 3.96. The minimum absolute atomic E-state index is 0.169. The summed E-state index contributed by atoms with van der Waals surface area (Å²) < 4.78 is 5.03. The van der Waals surface area contributed by atoms with Crippen LogP contribution in [-0.2, 0) is 0 Å². The van der Waals surface area contributed by atoms with Gasteiger partial charge in [0.1, 0.15) is 11.3 Å². The standard InChI is InChI=1S/C11H12O3/c1-4-8-5-7(2)6-9(11(12)13)10(8)14-3/h4-6H,1H2,2-3H3,(H,12,13). The fourth-order valence-corrected chi connectivity index (χ4v) is 1.34. The topological polar surface area (TPSA) is 46.5 Å². The summed E-state index contributed by atoms with van der Waals surface area (Å²) in [5.74, 6) is -0.633. The van der Waals surface area contributed by atoms with E-state index in [1.807, 2.05) is 13.0 Å². The van der Waals surface area contributed by atoms with Crippen LogP contribution in [0.2, 0.25) is 0 Å². The van der Waals surface area contributed by atoms with Crippen LogP contribution in [0, 0.1) is 6.92 Å². The molecule has 0 saturated carbocycles. The molecule has 3 heteroatoms. The summed E-state index contributed by atoms with van der Waals surface area (Å²) in [6.45, 7) is 5.44. The van der Waals surface area contributed by atoms with E-state index in [1.54, 1.807) is 12.1 Å². The Hall–Kier alpha value is -1.77. The molecule has 74 valence electrons. The normalized spacial score (nSPS) is 9.57. The summed E-state index contributed by atoms with van der Waals surface area (Å²) in [6.07, 6.45) is 1.58. The van der Waals surface area contributed by atoms with Crippen molar-refractivity contribution in [1.82, 2.24) is 0 Å². The largest absolute Gasteiger partial charge is 0.495 e. The molecule has 0 radical (unpaired) electrons. The molecule has 0 spiro atoms. The van der Waals surface area contributed by atoms with E-state index in [9.17, 15) is 4.79 Å². The molecule has 0 aliphatic heterocycles. The number of aryl methyl sites for hydroxylation is 1. The van der Waals surface area contributed by atoms with E-state index in [4.69, 9.17) is 9.84 Å². The van der Waals surface area contributed by atoms with E-state index in [0.29, 0.717) is 11.3 Å². The predicted molar refractivity (Wildman–Crippen MR) is 54.8 cm³/mol. The Labute approximate surface area is 82.6 Å². The van der Waals surface area contributed by atoms with Gasteiger partial charge in [-0.3, -0.25) is 0 Å². The van der Waals surface area contributed by atoms with Gasteiger partial charge in [-0.05, 0) is 24.6 Å². The Bertz CT molecular complexity index is 380. The van der Waals surface area contributed by atoms with Crippen molar-refractivity contribution in [2.45, 2.75) is 6.92 Å². The van der Waals surface area contributed by atoms with Crippen molar-refractivity contribution in [3.8, 4) is 5.75 Å².